The summed E-state index contributed by atoms with van der Waals surface area (Å²) in [6, 6.07) is 10.3. The second-order valence-electron chi connectivity index (χ2n) is 9.95. The summed E-state index contributed by atoms with van der Waals surface area (Å²) in [7, 11) is -3.91. The Kier molecular flexibility index (Phi) is 8.51. The molecule has 2 aliphatic heterocycles. The zero-order valence-corrected chi connectivity index (χ0v) is 22.4. The van der Waals surface area contributed by atoms with Gasteiger partial charge in [0.1, 0.15) is 5.82 Å². The molecule has 2 aromatic rings. The van der Waals surface area contributed by atoms with Gasteiger partial charge in [-0.1, -0.05) is 30.3 Å². The molecule has 1 fully saturated rings. The summed E-state index contributed by atoms with van der Waals surface area (Å²) in [4.78, 5) is 32.6. The summed E-state index contributed by atoms with van der Waals surface area (Å²) in [6.07, 6.45) is 2.96. The average molecular weight is 549 g/mol. The molecule has 0 bridgehead atoms. The first-order valence-corrected chi connectivity index (χ1v) is 14.5. The van der Waals surface area contributed by atoms with Gasteiger partial charge >= 0.3 is 0 Å². The number of nitrogens with zero attached hydrogens (tertiary/aromatic N) is 1. The molecular formula is C27H33FN2O7S. The van der Waals surface area contributed by atoms with Gasteiger partial charge in [-0.2, -0.15) is 0 Å². The molecule has 38 heavy (non-hydrogen) atoms. The smallest absolute Gasteiger partial charge is 0.264 e. The van der Waals surface area contributed by atoms with Crippen LogP contribution in [0.25, 0.3) is 11.1 Å². The van der Waals surface area contributed by atoms with Crippen LogP contribution in [0.5, 0.6) is 0 Å². The van der Waals surface area contributed by atoms with E-state index in [1.165, 1.54) is 11.8 Å². The summed E-state index contributed by atoms with van der Waals surface area (Å²) in [6.45, 7) is 1.69. The monoisotopic (exact) mass is 548 g/mol. The maximum atomic E-state index is 15.5. The van der Waals surface area contributed by atoms with Crippen LogP contribution in [0.2, 0.25) is 0 Å². The van der Waals surface area contributed by atoms with Gasteiger partial charge in [0.2, 0.25) is 0 Å². The van der Waals surface area contributed by atoms with E-state index in [9.17, 15) is 18.0 Å². The van der Waals surface area contributed by atoms with Gasteiger partial charge in [0.15, 0.2) is 20.9 Å². The number of rotatable bonds is 10. The molecule has 1 saturated heterocycles. The molecule has 0 spiro atoms. The second-order valence-corrected chi connectivity index (χ2v) is 12.4. The lowest BCUT2D eigenvalue weighted by molar-refractivity contribution is -0.201. The van der Waals surface area contributed by atoms with Crippen molar-refractivity contribution in [3.63, 3.8) is 0 Å². The zero-order chi connectivity index (χ0) is 27.5. The van der Waals surface area contributed by atoms with Crippen LogP contribution in [0.3, 0.4) is 0 Å². The molecule has 9 nitrogen and oxygen atoms in total. The number of hydrogen-bond donors (Lipinski definition) is 2. The van der Waals surface area contributed by atoms with Crippen LogP contribution in [0, 0.1) is 5.82 Å². The standard InChI is InChI=1S/C27H33FN2O7S/c1-27(38(2,34)35,26(33)29-37-23-5-3-4-16-36-23)13-14-30-17-22-21(25(30)32)11-10-20(24(22)28)19-8-6-18(7-9-19)12-15-31/h6-11,23,31H,3-5,12-17H2,1-2H3,(H,29,33)/t23?,27-/m1/s1. The number of sulfone groups is 1. The Balaban J connectivity index is 1.46. The number of fused-ring (bicyclic) bond motifs is 1. The van der Waals surface area contributed by atoms with E-state index < -0.39 is 38.5 Å². The number of hydroxylamine groups is 1. The summed E-state index contributed by atoms with van der Waals surface area (Å²) < 4.78 is 44.3. The number of carbonyl (C=O) groups excluding carboxylic acids is 2. The Morgan fingerprint density at radius 1 is 1.21 bits per heavy atom. The fourth-order valence-electron chi connectivity index (χ4n) is 4.64. The van der Waals surface area contributed by atoms with Crippen molar-refractivity contribution in [3.8, 4) is 11.1 Å². The fraction of sp³-hybridized carbons (Fsp3) is 0.481. The third-order valence-corrected chi connectivity index (χ3v) is 9.38. The molecule has 2 heterocycles. The maximum Gasteiger partial charge on any atom is 0.264 e. The van der Waals surface area contributed by atoms with Gasteiger partial charge in [-0.05, 0) is 49.8 Å². The number of carbonyl (C=O) groups is 2. The first kappa shape index (κ1) is 28.2. The fourth-order valence-corrected chi connectivity index (χ4v) is 5.48. The summed E-state index contributed by atoms with van der Waals surface area (Å²) in [5.74, 6) is -1.79. The molecule has 206 valence electrons. The molecule has 0 aromatic heterocycles. The van der Waals surface area contributed by atoms with E-state index in [-0.39, 0.29) is 37.2 Å². The van der Waals surface area contributed by atoms with Gasteiger partial charge in [0.25, 0.3) is 11.8 Å². The first-order chi connectivity index (χ1) is 18.0. The van der Waals surface area contributed by atoms with Gasteiger partial charge < -0.3 is 14.7 Å². The first-order valence-electron chi connectivity index (χ1n) is 12.6. The van der Waals surface area contributed by atoms with E-state index in [0.29, 0.717) is 30.6 Å². The Labute approximate surface area is 221 Å². The van der Waals surface area contributed by atoms with Crippen molar-refractivity contribution in [2.75, 3.05) is 26.0 Å². The van der Waals surface area contributed by atoms with Crippen LogP contribution in [-0.2, 0) is 37.2 Å². The molecule has 0 radical (unpaired) electrons. The van der Waals surface area contributed by atoms with Crippen molar-refractivity contribution >= 4 is 21.7 Å². The molecule has 11 heteroatoms. The Hall–Kier alpha value is -2.86. The molecule has 4 rings (SSSR count). The number of amides is 2. The Morgan fingerprint density at radius 2 is 1.92 bits per heavy atom. The number of nitrogens with one attached hydrogen (secondary N) is 1. The lowest BCUT2D eigenvalue weighted by Gasteiger charge is -2.29. The largest absolute Gasteiger partial charge is 0.396 e. The van der Waals surface area contributed by atoms with Crippen molar-refractivity contribution in [3.05, 3.63) is 58.9 Å². The molecule has 0 saturated carbocycles. The van der Waals surface area contributed by atoms with Crippen molar-refractivity contribution in [2.24, 2.45) is 0 Å². The van der Waals surface area contributed by atoms with Gasteiger partial charge in [-0.15, -0.1) is 0 Å². The van der Waals surface area contributed by atoms with Crippen LogP contribution in [0.15, 0.2) is 36.4 Å². The zero-order valence-electron chi connectivity index (χ0n) is 21.5. The van der Waals surface area contributed by atoms with E-state index in [1.807, 2.05) is 12.1 Å². The van der Waals surface area contributed by atoms with Crippen LogP contribution in [-0.4, -0.2) is 67.3 Å². The topological polar surface area (TPSA) is 122 Å². The highest BCUT2D eigenvalue weighted by Gasteiger charge is 2.45. The van der Waals surface area contributed by atoms with E-state index in [2.05, 4.69) is 5.48 Å². The molecule has 2 aliphatic rings. The summed E-state index contributed by atoms with van der Waals surface area (Å²) in [5.41, 5.74) is 4.58. The van der Waals surface area contributed by atoms with Crippen LogP contribution >= 0.6 is 0 Å². The molecule has 2 amide bonds. The highest BCUT2D eigenvalue weighted by Crippen LogP contribution is 2.33. The van der Waals surface area contributed by atoms with Crippen molar-refractivity contribution in [1.82, 2.24) is 10.4 Å². The van der Waals surface area contributed by atoms with E-state index in [0.717, 1.165) is 24.7 Å². The minimum absolute atomic E-state index is 0.0203. The third-order valence-electron chi connectivity index (χ3n) is 7.35. The molecule has 0 aliphatic carbocycles. The van der Waals surface area contributed by atoms with Crippen LogP contribution in [0.1, 0.15) is 54.1 Å². The summed E-state index contributed by atoms with van der Waals surface area (Å²) >= 11 is 0. The number of benzene rings is 2. The van der Waals surface area contributed by atoms with Crippen LogP contribution in [0.4, 0.5) is 4.39 Å². The highest BCUT2D eigenvalue weighted by molar-refractivity contribution is 7.92. The number of hydrogen-bond acceptors (Lipinski definition) is 7. The predicted molar refractivity (Wildman–Crippen MR) is 138 cm³/mol. The van der Waals surface area contributed by atoms with Crippen molar-refractivity contribution < 1.29 is 37.1 Å². The second kappa shape index (κ2) is 11.5. The maximum absolute atomic E-state index is 15.5. The van der Waals surface area contributed by atoms with Crippen molar-refractivity contribution in [1.29, 1.82) is 0 Å². The number of aliphatic hydroxyl groups excluding tert-OH is 1. The molecule has 2 aromatic carbocycles. The van der Waals surface area contributed by atoms with E-state index >= 15 is 4.39 Å². The molecule has 2 atom stereocenters. The van der Waals surface area contributed by atoms with Gasteiger partial charge in [0.05, 0.1) is 0 Å². The quantitative estimate of drug-likeness (QED) is 0.438. The van der Waals surface area contributed by atoms with E-state index in [1.54, 1.807) is 24.3 Å². The lowest BCUT2D eigenvalue weighted by Crippen LogP contribution is -2.52. The number of ether oxygens (including phenoxy) is 1. The number of halogens is 1. The predicted octanol–water partition coefficient (Wildman–Crippen LogP) is 2.75. The van der Waals surface area contributed by atoms with Crippen molar-refractivity contribution in [2.45, 2.75) is 56.6 Å². The molecular weight excluding hydrogens is 515 g/mol. The van der Waals surface area contributed by atoms with Gasteiger partial charge in [-0.25, -0.2) is 23.1 Å². The minimum Gasteiger partial charge on any atom is -0.396 e. The SMILES string of the molecule is C[C@@](CCN1Cc2c(ccc(-c3ccc(CCO)cc3)c2F)C1=O)(C(=O)NOC1CCCCO1)S(C)(=O)=O. The Bertz CT molecular complexity index is 1290. The molecule has 1 unspecified atom stereocenters. The number of aliphatic hydroxyl groups is 1. The normalized spacial score (nSPS) is 19.2. The lowest BCUT2D eigenvalue weighted by atomic mass is 9.98. The third kappa shape index (κ3) is 5.75. The van der Waals surface area contributed by atoms with E-state index in [4.69, 9.17) is 14.7 Å². The molecule has 2 N–H and O–H groups in total. The minimum atomic E-state index is -3.91. The highest BCUT2D eigenvalue weighted by atomic mass is 32.2. The Morgan fingerprint density at radius 3 is 2.55 bits per heavy atom. The average Bonchev–Trinajstić information content (AvgIpc) is 3.23. The van der Waals surface area contributed by atoms with Crippen LogP contribution < -0.4 is 5.48 Å². The van der Waals surface area contributed by atoms with Gasteiger partial charge in [0, 0.05) is 55.7 Å². The van der Waals surface area contributed by atoms with Gasteiger partial charge in [-0.3, -0.25) is 9.59 Å². The summed E-state index contributed by atoms with van der Waals surface area (Å²) in [5, 5.41) is 9.09.